The highest BCUT2D eigenvalue weighted by Crippen LogP contribution is 2.42. The predicted molar refractivity (Wildman–Crippen MR) is 137 cm³/mol. The quantitative estimate of drug-likeness (QED) is 0.576. The first-order valence-electron chi connectivity index (χ1n) is 12.5. The number of carbonyl (C=O) groups is 1. The van der Waals surface area contributed by atoms with Gasteiger partial charge in [-0.05, 0) is 66.9 Å². The molecule has 184 valence electrons. The molecule has 2 fully saturated rings. The van der Waals surface area contributed by atoms with E-state index in [2.05, 4.69) is 33.9 Å². The first kappa shape index (κ1) is 24.2. The van der Waals surface area contributed by atoms with Gasteiger partial charge in [-0.2, -0.15) is 0 Å². The molecule has 1 aromatic heterocycles. The number of amides is 1. The highest BCUT2D eigenvalue weighted by Gasteiger charge is 2.49. The summed E-state index contributed by atoms with van der Waals surface area (Å²) in [5.74, 6) is 5.89. The fraction of sp³-hybridized carbons (Fsp3) is 0.333. The lowest BCUT2D eigenvalue weighted by molar-refractivity contribution is -0.135. The van der Waals surface area contributed by atoms with Crippen LogP contribution in [-0.2, 0) is 11.2 Å². The minimum atomic E-state index is -0.325. The van der Waals surface area contributed by atoms with Crippen molar-refractivity contribution in [3.63, 3.8) is 0 Å². The maximum Gasteiger partial charge on any atom is 0.227 e. The highest BCUT2D eigenvalue weighted by atomic mass is 19.1. The van der Waals surface area contributed by atoms with Crippen molar-refractivity contribution in [3.05, 3.63) is 101 Å². The summed E-state index contributed by atoms with van der Waals surface area (Å²) in [6.07, 6.45) is 5.78. The molecule has 1 amide bonds. The topological polar surface area (TPSA) is 56.7 Å². The highest BCUT2D eigenvalue weighted by molar-refractivity contribution is 5.78. The number of aromatic nitrogens is 1. The third kappa shape index (κ3) is 5.18. The number of carbonyl (C=O) groups excluding carboxylic acids is 1. The lowest BCUT2D eigenvalue weighted by Gasteiger charge is -2.57. The van der Waals surface area contributed by atoms with Crippen LogP contribution >= 0.6 is 0 Å². The van der Waals surface area contributed by atoms with Crippen molar-refractivity contribution in [2.24, 2.45) is 0 Å². The molecule has 2 aromatic carbocycles. The molecule has 5 rings (SSSR count). The number of rotatable bonds is 4. The lowest BCUT2D eigenvalue weighted by atomic mass is 9.74. The predicted octanol–water partition coefficient (Wildman–Crippen LogP) is 3.61. The van der Waals surface area contributed by atoms with E-state index in [1.807, 2.05) is 29.2 Å². The number of halogens is 1. The Morgan fingerprint density at radius 2 is 1.75 bits per heavy atom. The number of hydrogen-bond acceptors (Lipinski definition) is 4. The molecule has 0 radical (unpaired) electrons. The van der Waals surface area contributed by atoms with E-state index in [0.717, 1.165) is 42.6 Å². The van der Waals surface area contributed by atoms with Gasteiger partial charge in [-0.1, -0.05) is 36.1 Å². The van der Waals surface area contributed by atoms with E-state index in [-0.39, 0.29) is 36.3 Å². The van der Waals surface area contributed by atoms with E-state index in [4.69, 9.17) is 0 Å². The van der Waals surface area contributed by atoms with Gasteiger partial charge in [0, 0.05) is 49.0 Å². The first-order chi connectivity index (χ1) is 17.6. The molecule has 3 aromatic rings. The molecule has 6 heteroatoms. The van der Waals surface area contributed by atoms with E-state index in [0.29, 0.717) is 18.5 Å². The van der Waals surface area contributed by atoms with Crippen LogP contribution in [0.2, 0.25) is 0 Å². The average molecular weight is 484 g/mol. The SMILES string of the molecule is O=C(Cc1ccncc1)N1CCCCN2[C@@H](CO)[C@@H](c3ccc(C#Cc4ccccc4F)cc3)[C@@H]2C1. The molecule has 2 aliphatic rings. The molecule has 2 aliphatic heterocycles. The summed E-state index contributed by atoms with van der Waals surface area (Å²) in [5, 5.41) is 10.2. The van der Waals surface area contributed by atoms with Crippen LogP contribution in [0.3, 0.4) is 0 Å². The second-order valence-electron chi connectivity index (χ2n) is 9.51. The zero-order valence-corrected chi connectivity index (χ0v) is 20.2. The fourth-order valence-electron chi connectivity index (χ4n) is 5.44. The van der Waals surface area contributed by atoms with Crippen molar-refractivity contribution >= 4 is 5.91 Å². The number of aliphatic hydroxyl groups excluding tert-OH is 1. The molecule has 36 heavy (non-hydrogen) atoms. The Labute approximate surface area is 211 Å². The van der Waals surface area contributed by atoms with Crippen LogP contribution in [0.25, 0.3) is 0 Å². The van der Waals surface area contributed by atoms with Crippen molar-refractivity contribution in [3.8, 4) is 11.8 Å². The fourth-order valence-corrected chi connectivity index (χ4v) is 5.44. The lowest BCUT2D eigenvalue weighted by Crippen LogP contribution is -2.68. The summed E-state index contributed by atoms with van der Waals surface area (Å²) in [4.78, 5) is 21.6. The summed E-state index contributed by atoms with van der Waals surface area (Å²) in [6.45, 7) is 2.43. The summed E-state index contributed by atoms with van der Waals surface area (Å²) in [5.41, 5.74) is 3.29. The second-order valence-corrected chi connectivity index (χ2v) is 9.51. The minimum absolute atomic E-state index is 0.0422. The molecular formula is C30H30FN3O2. The van der Waals surface area contributed by atoms with E-state index in [1.165, 1.54) is 6.07 Å². The zero-order valence-electron chi connectivity index (χ0n) is 20.2. The van der Waals surface area contributed by atoms with E-state index < -0.39 is 0 Å². The minimum Gasteiger partial charge on any atom is -0.395 e. The average Bonchev–Trinajstić information content (AvgIpc) is 2.88. The summed E-state index contributed by atoms with van der Waals surface area (Å²) in [7, 11) is 0. The smallest absolute Gasteiger partial charge is 0.227 e. The number of nitrogens with zero attached hydrogens (tertiary/aromatic N) is 3. The van der Waals surface area contributed by atoms with Crippen LogP contribution in [0, 0.1) is 17.7 Å². The van der Waals surface area contributed by atoms with Gasteiger partial charge in [0.15, 0.2) is 0 Å². The van der Waals surface area contributed by atoms with Crippen molar-refractivity contribution in [2.45, 2.75) is 37.3 Å². The Morgan fingerprint density at radius 3 is 2.50 bits per heavy atom. The molecule has 0 saturated carbocycles. The third-order valence-corrected chi connectivity index (χ3v) is 7.34. The van der Waals surface area contributed by atoms with E-state index in [1.54, 1.807) is 30.6 Å². The molecule has 2 saturated heterocycles. The Kier molecular flexibility index (Phi) is 7.41. The Bertz CT molecular complexity index is 1250. The van der Waals surface area contributed by atoms with E-state index >= 15 is 0 Å². The normalized spacial score (nSPS) is 21.8. The van der Waals surface area contributed by atoms with Crippen LogP contribution in [0.4, 0.5) is 4.39 Å². The summed E-state index contributed by atoms with van der Waals surface area (Å²) in [6, 6.07) is 18.5. The molecule has 1 N–H and O–H groups in total. The zero-order chi connectivity index (χ0) is 24.9. The maximum atomic E-state index is 13.9. The van der Waals surface area contributed by atoms with Crippen LogP contribution in [-0.4, -0.2) is 64.1 Å². The van der Waals surface area contributed by atoms with Gasteiger partial charge in [0.05, 0.1) is 18.6 Å². The van der Waals surface area contributed by atoms with Crippen LogP contribution in [0.15, 0.2) is 73.1 Å². The number of aliphatic hydroxyl groups is 1. The Morgan fingerprint density at radius 1 is 1.00 bits per heavy atom. The van der Waals surface area contributed by atoms with Crippen molar-refractivity contribution in [1.29, 1.82) is 0 Å². The van der Waals surface area contributed by atoms with Gasteiger partial charge in [-0.15, -0.1) is 0 Å². The standard InChI is InChI=1S/C30H30FN3O2/c31-26-6-2-1-5-24(26)10-7-22-8-11-25(12-9-22)30-27-20-33(17-3-4-18-34(27)28(30)21-35)29(36)19-23-13-15-32-16-14-23/h1-2,5-6,8-9,11-16,27-28,30,35H,3-4,17-21H2/t27-,28-,30-/m0/s1. The van der Waals surface area contributed by atoms with Crippen molar-refractivity contribution in [2.75, 3.05) is 26.2 Å². The van der Waals surface area contributed by atoms with Gasteiger partial charge < -0.3 is 10.0 Å². The van der Waals surface area contributed by atoms with Gasteiger partial charge in [0.25, 0.3) is 0 Å². The monoisotopic (exact) mass is 483 g/mol. The maximum absolute atomic E-state index is 13.9. The van der Waals surface area contributed by atoms with Crippen molar-refractivity contribution < 1.29 is 14.3 Å². The van der Waals surface area contributed by atoms with Gasteiger partial charge in [0.1, 0.15) is 5.82 Å². The third-order valence-electron chi connectivity index (χ3n) is 7.34. The molecular weight excluding hydrogens is 453 g/mol. The molecule has 5 nitrogen and oxygen atoms in total. The molecule has 0 bridgehead atoms. The van der Waals surface area contributed by atoms with E-state index in [9.17, 15) is 14.3 Å². The van der Waals surface area contributed by atoms with Crippen LogP contribution < -0.4 is 0 Å². The molecule has 0 unspecified atom stereocenters. The van der Waals surface area contributed by atoms with Gasteiger partial charge in [-0.25, -0.2) is 4.39 Å². The van der Waals surface area contributed by atoms with Gasteiger partial charge in [-0.3, -0.25) is 14.7 Å². The second kappa shape index (κ2) is 11.0. The summed E-state index contributed by atoms with van der Waals surface area (Å²) >= 11 is 0. The number of benzene rings is 2. The van der Waals surface area contributed by atoms with Crippen molar-refractivity contribution in [1.82, 2.24) is 14.8 Å². The number of pyridine rings is 1. The molecule has 0 spiro atoms. The number of fused-ring (bicyclic) bond motifs is 1. The molecule has 3 atom stereocenters. The first-order valence-corrected chi connectivity index (χ1v) is 12.5. The Hall–Kier alpha value is -3.53. The largest absolute Gasteiger partial charge is 0.395 e. The Balaban J connectivity index is 1.32. The van der Waals surface area contributed by atoms with Crippen LogP contribution in [0.1, 0.15) is 41.0 Å². The molecule has 0 aliphatic carbocycles. The molecule has 3 heterocycles. The van der Waals surface area contributed by atoms with Gasteiger partial charge in [0.2, 0.25) is 5.91 Å². The summed E-state index contributed by atoms with van der Waals surface area (Å²) < 4.78 is 13.9. The van der Waals surface area contributed by atoms with Gasteiger partial charge >= 0.3 is 0 Å². The number of hydrogen-bond donors (Lipinski definition) is 1. The van der Waals surface area contributed by atoms with Crippen LogP contribution in [0.5, 0.6) is 0 Å².